The summed E-state index contributed by atoms with van der Waals surface area (Å²) >= 11 is 0. The first-order chi connectivity index (χ1) is 6.92. The molecular weight excluding hydrogens is 176 g/mol. The molecule has 1 saturated heterocycles. The number of rotatable bonds is 3. The lowest BCUT2D eigenvalue weighted by atomic mass is 10.3. The number of hydrogen-bond donors (Lipinski definition) is 0. The highest BCUT2D eigenvalue weighted by Crippen LogP contribution is 2.25. The monoisotopic (exact) mass is 192 g/mol. The summed E-state index contributed by atoms with van der Waals surface area (Å²) in [6.45, 7) is 3.92. The van der Waals surface area contributed by atoms with Crippen molar-refractivity contribution in [2.24, 2.45) is 0 Å². The quantitative estimate of drug-likeness (QED) is 0.732. The minimum Gasteiger partial charge on any atom is -0.359 e. The Labute approximate surface area is 84.7 Å². The third kappa shape index (κ3) is 1.87. The zero-order valence-electron chi connectivity index (χ0n) is 8.52. The lowest BCUT2D eigenvalue weighted by Gasteiger charge is -2.26. The number of anilines is 1. The zero-order chi connectivity index (χ0) is 9.80. The van der Waals surface area contributed by atoms with Gasteiger partial charge in [-0.2, -0.15) is 0 Å². The minimum atomic E-state index is 0.266. The van der Waals surface area contributed by atoms with Gasteiger partial charge in [-0.25, -0.2) is 0 Å². The van der Waals surface area contributed by atoms with Gasteiger partial charge in [0, 0.05) is 31.2 Å². The van der Waals surface area contributed by atoms with Crippen LogP contribution in [-0.4, -0.2) is 24.4 Å². The van der Waals surface area contributed by atoms with Crippen molar-refractivity contribution >= 4 is 5.69 Å². The van der Waals surface area contributed by atoms with Crippen molar-refractivity contribution in [2.75, 3.05) is 18.1 Å². The normalized spacial score (nSPS) is 21.5. The molecule has 3 nitrogen and oxygen atoms in total. The van der Waals surface area contributed by atoms with Gasteiger partial charge in [-0.3, -0.25) is 4.98 Å². The van der Waals surface area contributed by atoms with E-state index < -0.39 is 0 Å². The summed E-state index contributed by atoms with van der Waals surface area (Å²) < 4.78 is 5.68. The van der Waals surface area contributed by atoms with Gasteiger partial charge < -0.3 is 9.64 Å². The van der Waals surface area contributed by atoms with Crippen LogP contribution in [0.5, 0.6) is 0 Å². The van der Waals surface area contributed by atoms with E-state index in [1.165, 1.54) is 12.1 Å². The summed E-state index contributed by atoms with van der Waals surface area (Å²) in [7, 11) is 0. The van der Waals surface area contributed by atoms with Crippen LogP contribution in [0.15, 0.2) is 24.5 Å². The third-order valence-electron chi connectivity index (χ3n) is 2.55. The smallest absolute Gasteiger partial charge is 0.130 e. The number of hydrogen-bond acceptors (Lipinski definition) is 3. The molecule has 1 aromatic heterocycles. The summed E-state index contributed by atoms with van der Waals surface area (Å²) in [6, 6.07) is 4.08. The SMILES string of the molecule is CCOC1CCCN1c1ccncc1. The molecule has 0 bridgehead atoms. The maximum absolute atomic E-state index is 5.68. The predicted molar refractivity (Wildman–Crippen MR) is 56.2 cm³/mol. The topological polar surface area (TPSA) is 25.4 Å². The first-order valence-corrected chi connectivity index (χ1v) is 5.20. The Morgan fingerprint density at radius 3 is 3.00 bits per heavy atom. The Kier molecular flexibility index (Phi) is 2.99. The predicted octanol–water partition coefficient (Wildman–Crippen LogP) is 2.04. The maximum atomic E-state index is 5.68. The molecule has 1 atom stereocenters. The van der Waals surface area contributed by atoms with Crippen LogP contribution in [0, 0.1) is 0 Å². The minimum absolute atomic E-state index is 0.266. The lowest BCUT2D eigenvalue weighted by molar-refractivity contribution is 0.0706. The molecule has 2 rings (SSSR count). The van der Waals surface area contributed by atoms with E-state index in [2.05, 4.69) is 9.88 Å². The van der Waals surface area contributed by atoms with Crippen LogP contribution in [0.1, 0.15) is 19.8 Å². The standard InChI is InChI=1S/C11H16N2O/c1-2-14-11-4-3-9-13(11)10-5-7-12-8-6-10/h5-8,11H,2-4,9H2,1H3. The van der Waals surface area contributed by atoms with E-state index in [0.29, 0.717) is 0 Å². The summed E-state index contributed by atoms with van der Waals surface area (Å²) in [5.74, 6) is 0. The molecule has 0 spiro atoms. The van der Waals surface area contributed by atoms with Crippen molar-refractivity contribution in [2.45, 2.75) is 26.0 Å². The highest BCUT2D eigenvalue weighted by Gasteiger charge is 2.24. The lowest BCUT2D eigenvalue weighted by Crippen LogP contribution is -2.31. The highest BCUT2D eigenvalue weighted by molar-refractivity contribution is 5.46. The van der Waals surface area contributed by atoms with Gasteiger partial charge in [-0.05, 0) is 31.9 Å². The number of aromatic nitrogens is 1. The molecule has 76 valence electrons. The first-order valence-electron chi connectivity index (χ1n) is 5.20. The Balaban J connectivity index is 2.10. The average molecular weight is 192 g/mol. The van der Waals surface area contributed by atoms with Gasteiger partial charge in [0.15, 0.2) is 0 Å². The maximum Gasteiger partial charge on any atom is 0.130 e. The van der Waals surface area contributed by atoms with Gasteiger partial charge in [-0.1, -0.05) is 0 Å². The molecule has 0 saturated carbocycles. The van der Waals surface area contributed by atoms with E-state index in [-0.39, 0.29) is 6.23 Å². The second-order valence-corrected chi connectivity index (χ2v) is 3.45. The molecule has 1 aliphatic heterocycles. The molecule has 14 heavy (non-hydrogen) atoms. The number of ether oxygens (including phenoxy) is 1. The van der Waals surface area contributed by atoms with Gasteiger partial charge >= 0.3 is 0 Å². The average Bonchev–Trinajstić information content (AvgIpc) is 2.68. The molecular formula is C11H16N2O. The van der Waals surface area contributed by atoms with Crippen LogP contribution in [0.2, 0.25) is 0 Å². The second-order valence-electron chi connectivity index (χ2n) is 3.45. The van der Waals surface area contributed by atoms with Crippen molar-refractivity contribution in [3.05, 3.63) is 24.5 Å². The fraction of sp³-hybridized carbons (Fsp3) is 0.545. The van der Waals surface area contributed by atoms with Crippen molar-refractivity contribution in [1.29, 1.82) is 0 Å². The third-order valence-corrected chi connectivity index (χ3v) is 2.55. The molecule has 0 aliphatic carbocycles. The van der Waals surface area contributed by atoms with E-state index in [9.17, 15) is 0 Å². The van der Waals surface area contributed by atoms with E-state index in [1.807, 2.05) is 31.5 Å². The van der Waals surface area contributed by atoms with Crippen molar-refractivity contribution in [3.8, 4) is 0 Å². The van der Waals surface area contributed by atoms with Gasteiger partial charge in [0.1, 0.15) is 6.23 Å². The van der Waals surface area contributed by atoms with E-state index in [0.717, 1.165) is 19.6 Å². The molecule has 1 aromatic rings. The van der Waals surface area contributed by atoms with E-state index in [4.69, 9.17) is 4.74 Å². The van der Waals surface area contributed by atoms with Gasteiger partial charge in [-0.15, -0.1) is 0 Å². The van der Waals surface area contributed by atoms with Crippen LogP contribution < -0.4 is 4.90 Å². The molecule has 1 unspecified atom stereocenters. The molecule has 0 amide bonds. The Hall–Kier alpha value is -1.09. The van der Waals surface area contributed by atoms with Crippen LogP contribution in [0.4, 0.5) is 5.69 Å². The molecule has 0 N–H and O–H groups in total. The van der Waals surface area contributed by atoms with Crippen molar-refractivity contribution < 1.29 is 4.74 Å². The second kappa shape index (κ2) is 4.42. The van der Waals surface area contributed by atoms with Gasteiger partial charge in [0.25, 0.3) is 0 Å². The Bertz CT molecular complexity index is 276. The van der Waals surface area contributed by atoms with Crippen LogP contribution in [-0.2, 0) is 4.74 Å². The fourth-order valence-corrected chi connectivity index (χ4v) is 1.93. The summed E-state index contributed by atoms with van der Waals surface area (Å²) in [5.41, 5.74) is 1.22. The Morgan fingerprint density at radius 2 is 2.29 bits per heavy atom. The van der Waals surface area contributed by atoms with Crippen molar-refractivity contribution in [1.82, 2.24) is 4.98 Å². The summed E-state index contributed by atoms with van der Waals surface area (Å²) in [4.78, 5) is 6.33. The molecule has 0 aromatic carbocycles. The molecule has 3 heteroatoms. The van der Waals surface area contributed by atoms with Crippen molar-refractivity contribution in [3.63, 3.8) is 0 Å². The largest absolute Gasteiger partial charge is 0.359 e. The number of pyridine rings is 1. The molecule has 1 aliphatic rings. The highest BCUT2D eigenvalue weighted by atomic mass is 16.5. The van der Waals surface area contributed by atoms with Gasteiger partial charge in [0.05, 0.1) is 0 Å². The molecule has 2 heterocycles. The zero-order valence-corrected chi connectivity index (χ0v) is 8.52. The van der Waals surface area contributed by atoms with Crippen LogP contribution >= 0.6 is 0 Å². The number of nitrogens with zero attached hydrogens (tertiary/aromatic N) is 2. The Morgan fingerprint density at radius 1 is 1.50 bits per heavy atom. The molecule has 1 fully saturated rings. The first kappa shape index (κ1) is 9.46. The van der Waals surface area contributed by atoms with Crippen LogP contribution in [0.25, 0.3) is 0 Å². The fourth-order valence-electron chi connectivity index (χ4n) is 1.93. The summed E-state index contributed by atoms with van der Waals surface area (Å²) in [6.07, 6.45) is 6.28. The van der Waals surface area contributed by atoms with Gasteiger partial charge in [0.2, 0.25) is 0 Å². The molecule has 0 radical (unpaired) electrons. The van der Waals surface area contributed by atoms with E-state index in [1.54, 1.807) is 0 Å². The van der Waals surface area contributed by atoms with E-state index >= 15 is 0 Å². The van der Waals surface area contributed by atoms with Crippen LogP contribution in [0.3, 0.4) is 0 Å². The summed E-state index contributed by atoms with van der Waals surface area (Å²) in [5, 5.41) is 0.